The van der Waals surface area contributed by atoms with E-state index in [4.69, 9.17) is 9.84 Å². The summed E-state index contributed by atoms with van der Waals surface area (Å²) in [6.45, 7) is 1.67. The minimum atomic E-state index is -0.887. The van der Waals surface area contributed by atoms with Crippen molar-refractivity contribution in [3.63, 3.8) is 0 Å². The molecule has 0 fully saturated rings. The molecule has 2 N–H and O–H groups in total. The fourth-order valence-corrected chi connectivity index (χ4v) is 2.24. The number of aryl methyl sites for hydroxylation is 1. The normalized spacial score (nSPS) is 12.3. The lowest BCUT2D eigenvalue weighted by Gasteiger charge is -2.10. The molecule has 5 nitrogen and oxygen atoms in total. The number of hydrogen-bond acceptors (Lipinski definition) is 5. The molecular weight excluding hydrogens is 292 g/mol. The summed E-state index contributed by atoms with van der Waals surface area (Å²) in [6, 6.07) is 11.9. The second-order valence-corrected chi connectivity index (χ2v) is 5.41. The zero-order chi connectivity index (χ0) is 16.2. The van der Waals surface area contributed by atoms with Crippen molar-refractivity contribution >= 4 is 10.9 Å². The van der Waals surface area contributed by atoms with Crippen LogP contribution in [-0.2, 0) is 0 Å². The van der Waals surface area contributed by atoms with Crippen molar-refractivity contribution in [2.45, 2.75) is 13.0 Å². The van der Waals surface area contributed by atoms with Gasteiger partial charge in [0.15, 0.2) is 0 Å². The maximum Gasteiger partial charge on any atom is 0.138 e. The maximum absolute atomic E-state index is 9.31. The summed E-state index contributed by atoms with van der Waals surface area (Å²) in [5.74, 6) is 0.565. The van der Waals surface area contributed by atoms with Gasteiger partial charge in [-0.05, 0) is 30.7 Å². The number of fused-ring (bicyclic) bond motifs is 1. The third-order valence-corrected chi connectivity index (χ3v) is 3.56. The molecule has 0 bridgehead atoms. The number of ether oxygens (including phenoxy) is 1. The van der Waals surface area contributed by atoms with Crippen molar-refractivity contribution in [3.05, 3.63) is 54.5 Å². The Labute approximate surface area is 134 Å². The Morgan fingerprint density at radius 3 is 2.61 bits per heavy atom. The first-order valence-corrected chi connectivity index (χ1v) is 7.40. The lowest BCUT2D eigenvalue weighted by molar-refractivity contribution is 0.0535. The molecule has 0 saturated carbocycles. The van der Waals surface area contributed by atoms with Gasteiger partial charge in [0.1, 0.15) is 18.5 Å². The van der Waals surface area contributed by atoms with Crippen molar-refractivity contribution < 1.29 is 14.9 Å². The topological polar surface area (TPSA) is 75.5 Å². The molecule has 0 aliphatic heterocycles. The summed E-state index contributed by atoms with van der Waals surface area (Å²) in [5.41, 5.74) is 3.95. The molecule has 0 radical (unpaired) electrons. The molecule has 2 aromatic heterocycles. The van der Waals surface area contributed by atoms with Gasteiger partial charge in [-0.2, -0.15) is 0 Å². The predicted molar refractivity (Wildman–Crippen MR) is 88.3 cm³/mol. The third-order valence-electron chi connectivity index (χ3n) is 3.56. The highest BCUT2D eigenvalue weighted by Crippen LogP contribution is 2.25. The number of rotatable bonds is 5. The number of aliphatic hydroxyl groups is 2. The SMILES string of the molecule is Cc1ccc(-c2ccc3cc(OCC(O)CO)cnc3c2)cn1. The fraction of sp³-hybridized carbons (Fsp3) is 0.222. The van der Waals surface area contributed by atoms with E-state index in [-0.39, 0.29) is 13.2 Å². The van der Waals surface area contributed by atoms with Crippen molar-refractivity contribution in [2.75, 3.05) is 13.2 Å². The Kier molecular flexibility index (Phi) is 4.50. The molecule has 0 spiro atoms. The summed E-state index contributed by atoms with van der Waals surface area (Å²) in [4.78, 5) is 8.71. The number of nitrogens with zero attached hydrogens (tertiary/aromatic N) is 2. The van der Waals surface area contributed by atoms with Crippen LogP contribution in [0.3, 0.4) is 0 Å². The Morgan fingerprint density at radius 2 is 1.87 bits per heavy atom. The van der Waals surface area contributed by atoms with Crippen LogP contribution in [0.4, 0.5) is 0 Å². The lowest BCUT2D eigenvalue weighted by Crippen LogP contribution is -2.21. The van der Waals surface area contributed by atoms with Gasteiger partial charge in [0.05, 0.1) is 18.3 Å². The Hall–Kier alpha value is -2.50. The summed E-state index contributed by atoms with van der Waals surface area (Å²) in [6.07, 6.45) is 2.58. The molecule has 0 aliphatic carbocycles. The molecule has 5 heteroatoms. The van der Waals surface area contributed by atoms with Crippen molar-refractivity contribution in [1.29, 1.82) is 0 Å². The average Bonchev–Trinajstić information content (AvgIpc) is 2.59. The number of benzene rings is 1. The summed E-state index contributed by atoms with van der Waals surface area (Å²) < 4.78 is 5.41. The first-order valence-electron chi connectivity index (χ1n) is 7.40. The third kappa shape index (κ3) is 3.64. The van der Waals surface area contributed by atoms with E-state index >= 15 is 0 Å². The van der Waals surface area contributed by atoms with Crippen molar-refractivity contribution in [2.24, 2.45) is 0 Å². The Morgan fingerprint density at radius 1 is 1.04 bits per heavy atom. The first-order chi connectivity index (χ1) is 11.2. The lowest BCUT2D eigenvalue weighted by atomic mass is 10.1. The van der Waals surface area contributed by atoms with Gasteiger partial charge in [-0.15, -0.1) is 0 Å². The van der Waals surface area contributed by atoms with E-state index in [1.807, 2.05) is 49.5 Å². The Bertz CT molecular complexity index is 803. The molecule has 118 valence electrons. The highest BCUT2D eigenvalue weighted by Gasteiger charge is 2.06. The highest BCUT2D eigenvalue weighted by molar-refractivity contribution is 5.84. The van der Waals surface area contributed by atoms with E-state index in [0.29, 0.717) is 5.75 Å². The molecule has 3 aromatic rings. The molecule has 2 heterocycles. The van der Waals surface area contributed by atoms with Crippen LogP contribution in [0.1, 0.15) is 5.69 Å². The number of aliphatic hydroxyl groups excluding tert-OH is 2. The largest absolute Gasteiger partial charge is 0.489 e. The number of hydrogen-bond donors (Lipinski definition) is 2. The summed E-state index contributed by atoms with van der Waals surface area (Å²) in [7, 11) is 0. The van der Waals surface area contributed by atoms with E-state index in [2.05, 4.69) is 9.97 Å². The molecule has 3 rings (SSSR count). The van der Waals surface area contributed by atoms with Crippen LogP contribution < -0.4 is 4.74 Å². The Balaban J connectivity index is 1.85. The summed E-state index contributed by atoms with van der Waals surface area (Å²) in [5, 5.41) is 19.1. The van der Waals surface area contributed by atoms with Crippen LogP contribution >= 0.6 is 0 Å². The van der Waals surface area contributed by atoms with Gasteiger partial charge in [0, 0.05) is 22.8 Å². The molecular formula is C18H18N2O3. The minimum absolute atomic E-state index is 0.0385. The second kappa shape index (κ2) is 6.73. The molecule has 1 unspecified atom stereocenters. The van der Waals surface area contributed by atoms with Crippen LogP contribution in [0.2, 0.25) is 0 Å². The van der Waals surface area contributed by atoms with Gasteiger partial charge >= 0.3 is 0 Å². The first kappa shape index (κ1) is 15.4. The van der Waals surface area contributed by atoms with E-state index < -0.39 is 6.10 Å². The molecule has 0 aliphatic rings. The van der Waals surface area contributed by atoms with Crippen molar-refractivity contribution in [3.8, 4) is 16.9 Å². The smallest absolute Gasteiger partial charge is 0.138 e. The van der Waals surface area contributed by atoms with E-state index in [1.165, 1.54) is 0 Å². The van der Waals surface area contributed by atoms with Gasteiger partial charge in [-0.1, -0.05) is 18.2 Å². The van der Waals surface area contributed by atoms with Crippen LogP contribution in [0, 0.1) is 6.92 Å². The van der Waals surface area contributed by atoms with E-state index in [1.54, 1.807) is 6.20 Å². The predicted octanol–water partition coefficient (Wildman–Crippen LogP) is 2.34. The monoisotopic (exact) mass is 310 g/mol. The standard InChI is InChI=1S/C18H18N2O3/c1-12-2-3-15(8-19-12)13-4-5-14-6-17(9-20-18(14)7-13)23-11-16(22)10-21/h2-9,16,21-22H,10-11H2,1H3. The molecule has 23 heavy (non-hydrogen) atoms. The molecule has 1 aromatic carbocycles. The number of pyridine rings is 2. The molecule has 1 atom stereocenters. The van der Waals surface area contributed by atoms with Crippen LogP contribution in [0.5, 0.6) is 5.75 Å². The highest BCUT2D eigenvalue weighted by atomic mass is 16.5. The van der Waals surface area contributed by atoms with Crippen LogP contribution in [-0.4, -0.2) is 39.5 Å². The van der Waals surface area contributed by atoms with Crippen LogP contribution in [0.15, 0.2) is 48.8 Å². The summed E-state index contributed by atoms with van der Waals surface area (Å²) >= 11 is 0. The van der Waals surface area contributed by atoms with Gasteiger partial charge < -0.3 is 14.9 Å². The van der Waals surface area contributed by atoms with E-state index in [9.17, 15) is 5.11 Å². The maximum atomic E-state index is 9.31. The van der Waals surface area contributed by atoms with Gasteiger partial charge in [-0.25, -0.2) is 0 Å². The average molecular weight is 310 g/mol. The second-order valence-electron chi connectivity index (χ2n) is 5.41. The zero-order valence-electron chi connectivity index (χ0n) is 12.8. The molecule has 0 saturated heterocycles. The fourth-order valence-electron chi connectivity index (χ4n) is 2.24. The van der Waals surface area contributed by atoms with Gasteiger partial charge in [0.25, 0.3) is 0 Å². The van der Waals surface area contributed by atoms with E-state index in [0.717, 1.165) is 27.7 Å². The molecule has 0 amide bonds. The minimum Gasteiger partial charge on any atom is -0.489 e. The van der Waals surface area contributed by atoms with Gasteiger partial charge in [-0.3, -0.25) is 9.97 Å². The van der Waals surface area contributed by atoms with Gasteiger partial charge in [0.2, 0.25) is 0 Å². The zero-order valence-corrected chi connectivity index (χ0v) is 12.8. The van der Waals surface area contributed by atoms with Crippen molar-refractivity contribution in [1.82, 2.24) is 9.97 Å². The number of aromatic nitrogens is 2. The van der Waals surface area contributed by atoms with Crippen LogP contribution in [0.25, 0.3) is 22.0 Å². The quantitative estimate of drug-likeness (QED) is 0.756.